The molecule has 0 atom stereocenters. The third kappa shape index (κ3) is 7.33. The molecule has 0 saturated heterocycles. The molecule has 49 heavy (non-hydrogen) atoms. The van der Waals surface area contributed by atoms with Crippen LogP contribution in [0.2, 0.25) is 19.6 Å². The number of fused-ring (bicyclic) bond motifs is 4. The number of pyridine rings is 3. The van der Waals surface area contributed by atoms with E-state index in [0.717, 1.165) is 73.3 Å². The molecule has 0 amide bonds. The second kappa shape index (κ2) is 14.1. The van der Waals surface area contributed by atoms with Gasteiger partial charge in [0.2, 0.25) is 5.71 Å². The quantitative estimate of drug-likeness (QED) is 0.123. The number of rotatable bonds is 6. The van der Waals surface area contributed by atoms with Crippen LogP contribution in [-0.2, 0) is 33.6 Å². The maximum atomic E-state index is 6.19. The maximum Gasteiger partial charge on any atom is 0.216 e. The van der Waals surface area contributed by atoms with Gasteiger partial charge in [-0.3, -0.25) is 9.97 Å². The summed E-state index contributed by atoms with van der Waals surface area (Å²) in [4.78, 5) is 18.4. The predicted octanol–water partition coefficient (Wildman–Crippen LogP) is 9.73. The summed E-state index contributed by atoms with van der Waals surface area (Å²) in [6, 6.07) is 23.1. The molecule has 6 nitrogen and oxygen atoms in total. The number of imidazole rings is 1. The summed E-state index contributed by atoms with van der Waals surface area (Å²) in [6.45, 7) is 20.4. The molecule has 5 heterocycles. The number of aromatic nitrogens is 5. The van der Waals surface area contributed by atoms with Gasteiger partial charge in [0.25, 0.3) is 0 Å². The molecule has 7 aromatic rings. The van der Waals surface area contributed by atoms with Gasteiger partial charge in [0.05, 0.1) is 36.7 Å². The standard InChI is InChI=1S/C21H17N4O.C20H28NSi.Ir/c1-11-5-6-14(20-24-16-7-8-22-10-17(16)25(20)4)19-18(11)15-9-12(2)13(3)23-21(15)26-19;1-7-20(2,3)14-17-13-18(16-11-9-8-10-12-16)21-15-19(17)22(4,5)6;/h5,7-10H,1-4H3;8-11,13,15H,7,14H2,1-6H3;/q2*-1;. The Hall–Kier alpha value is -3.97. The summed E-state index contributed by atoms with van der Waals surface area (Å²) in [5.41, 5.74) is 11.4. The van der Waals surface area contributed by atoms with Gasteiger partial charge in [0.15, 0.2) is 0 Å². The van der Waals surface area contributed by atoms with Crippen molar-refractivity contribution in [2.75, 3.05) is 0 Å². The molecule has 0 saturated carbocycles. The topological polar surface area (TPSA) is 69.6 Å². The molecule has 0 aliphatic heterocycles. The van der Waals surface area contributed by atoms with E-state index in [9.17, 15) is 0 Å². The van der Waals surface area contributed by atoms with Gasteiger partial charge in [-0.15, -0.1) is 53.6 Å². The monoisotopic (exact) mass is 844 g/mol. The smallest absolute Gasteiger partial charge is 0.216 e. The Bertz CT molecular complexity index is 2260. The SMILES string of the molecule is CCC(C)(C)Cc1cc(-c2[c-]cccc2)ncc1[Si](C)(C)C.Cc1cc2c(nc1C)oc1c(-c3nc4ccncc4n3C)[c-]cc(C)c12.[Ir]. The van der Waals surface area contributed by atoms with E-state index >= 15 is 0 Å². The first-order valence-corrected chi connectivity index (χ1v) is 20.2. The van der Waals surface area contributed by atoms with E-state index in [0.29, 0.717) is 11.1 Å². The average Bonchev–Trinajstić information content (AvgIpc) is 3.59. The number of hydrogen-bond acceptors (Lipinski definition) is 5. The summed E-state index contributed by atoms with van der Waals surface area (Å²) in [5.74, 6) is 0.811. The van der Waals surface area contributed by atoms with Gasteiger partial charge in [-0.1, -0.05) is 76.3 Å². The van der Waals surface area contributed by atoms with Gasteiger partial charge >= 0.3 is 0 Å². The minimum Gasteiger partial charge on any atom is -0.486 e. The molecule has 1 radical (unpaired) electrons. The Morgan fingerprint density at radius 3 is 2.41 bits per heavy atom. The summed E-state index contributed by atoms with van der Waals surface area (Å²) in [5, 5.41) is 3.61. The number of aryl methyl sites for hydroxylation is 4. The van der Waals surface area contributed by atoms with Crippen LogP contribution >= 0.6 is 0 Å². The third-order valence-electron chi connectivity index (χ3n) is 9.50. The zero-order valence-corrected chi connectivity index (χ0v) is 33.6. The minimum atomic E-state index is -1.39. The number of furan rings is 1. The molecular weight excluding hydrogens is 799 g/mol. The van der Waals surface area contributed by atoms with Crippen LogP contribution in [0.1, 0.15) is 49.6 Å². The molecule has 0 unspecified atom stereocenters. The van der Waals surface area contributed by atoms with Crippen LogP contribution in [0.3, 0.4) is 0 Å². The van der Waals surface area contributed by atoms with Crippen LogP contribution in [0.25, 0.3) is 55.7 Å². The summed E-state index contributed by atoms with van der Waals surface area (Å²) < 4.78 is 8.22. The van der Waals surface area contributed by atoms with Crippen molar-refractivity contribution in [2.24, 2.45) is 12.5 Å². The second-order valence-corrected chi connectivity index (χ2v) is 19.7. The second-order valence-electron chi connectivity index (χ2n) is 14.7. The van der Waals surface area contributed by atoms with E-state index in [1.807, 2.05) is 49.0 Å². The summed E-state index contributed by atoms with van der Waals surface area (Å²) in [6.07, 6.45) is 8.01. The fourth-order valence-corrected chi connectivity index (χ4v) is 7.76. The molecule has 255 valence electrons. The van der Waals surface area contributed by atoms with Crippen molar-refractivity contribution in [1.29, 1.82) is 0 Å². The minimum absolute atomic E-state index is 0. The van der Waals surface area contributed by atoms with Crippen molar-refractivity contribution in [2.45, 2.75) is 74.0 Å². The van der Waals surface area contributed by atoms with Gasteiger partial charge in [-0.05, 0) is 54.3 Å². The number of benzene rings is 2. The van der Waals surface area contributed by atoms with Gasteiger partial charge in [0.1, 0.15) is 0 Å². The van der Waals surface area contributed by atoms with E-state index < -0.39 is 8.07 Å². The van der Waals surface area contributed by atoms with E-state index in [1.165, 1.54) is 17.2 Å². The van der Waals surface area contributed by atoms with Crippen LogP contribution in [0.5, 0.6) is 0 Å². The Morgan fingerprint density at radius 2 is 1.73 bits per heavy atom. The Kier molecular flexibility index (Phi) is 10.4. The van der Waals surface area contributed by atoms with E-state index in [1.54, 1.807) is 6.20 Å². The molecule has 7 rings (SSSR count). The van der Waals surface area contributed by atoms with Crippen molar-refractivity contribution in [1.82, 2.24) is 24.5 Å². The molecule has 5 aromatic heterocycles. The first-order valence-electron chi connectivity index (χ1n) is 16.7. The van der Waals surface area contributed by atoms with Gasteiger partial charge in [-0.25, -0.2) is 4.98 Å². The molecule has 2 aromatic carbocycles. The van der Waals surface area contributed by atoms with Crippen LogP contribution in [0.15, 0.2) is 71.5 Å². The van der Waals surface area contributed by atoms with Crippen molar-refractivity contribution in [3.63, 3.8) is 0 Å². The molecule has 0 aliphatic rings. The van der Waals surface area contributed by atoms with Crippen LogP contribution in [-0.4, -0.2) is 32.6 Å². The Balaban J connectivity index is 0.000000190. The van der Waals surface area contributed by atoms with Gasteiger partial charge < -0.3 is 14.0 Å². The largest absolute Gasteiger partial charge is 0.486 e. The average molecular weight is 844 g/mol. The molecule has 0 bridgehead atoms. The van der Waals surface area contributed by atoms with Crippen molar-refractivity contribution >= 4 is 46.4 Å². The molecular formula is C41H45IrN5OSi-2. The third-order valence-corrected chi connectivity index (χ3v) is 11.6. The normalized spacial score (nSPS) is 11.9. The zero-order chi connectivity index (χ0) is 34.4. The molecule has 8 heteroatoms. The van der Waals surface area contributed by atoms with Crippen molar-refractivity contribution < 1.29 is 24.5 Å². The molecule has 0 N–H and O–H groups in total. The summed E-state index contributed by atoms with van der Waals surface area (Å²) in [7, 11) is 0.600. The fourth-order valence-electron chi connectivity index (χ4n) is 6.18. The van der Waals surface area contributed by atoms with Crippen molar-refractivity contribution in [3.8, 4) is 22.6 Å². The fraction of sp³-hybridized carbons (Fsp3) is 0.317. The van der Waals surface area contributed by atoms with Crippen molar-refractivity contribution in [3.05, 3.63) is 102 Å². The van der Waals surface area contributed by atoms with Crippen LogP contribution in [0.4, 0.5) is 0 Å². The number of nitrogens with zero attached hydrogens (tertiary/aromatic N) is 5. The van der Waals surface area contributed by atoms with E-state index in [-0.39, 0.29) is 20.1 Å². The first-order chi connectivity index (χ1) is 22.8. The zero-order valence-electron chi connectivity index (χ0n) is 30.2. The number of hydrogen-bond donors (Lipinski definition) is 0. The summed E-state index contributed by atoms with van der Waals surface area (Å²) >= 11 is 0. The van der Waals surface area contributed by atoms with E-state index in [4.69, 9.17) is 14.4 Å². The maximum absolute atomic E-state index is 6.19. The van der Waals surface area contributed by atoms with E-state index in [2.05, 4.69) is 107 Å². The van der Waals surface area contributed by atoms with Gasteiger partial charge in [-0.2, -0.15) is 0 Å². The van der Waals surface area contributed by atoms with Crippen LogP contribution in [0, 0.1) is 38.3 Å². The predicted molar refractivity (Wildman–Crippen MR) is 201 cm³/mol. The van der Waals surface area contributed by atoms with Crippen LogP contribution < -0.4 is 5.19 Å². The molecule has 0 spiro atoms. The Labute approximate surface area is 304 Å². The van der Waals surface area contributed by atoms with Gasteiger partial charge in [0, 0.05) is 50.6 Å². The first kappa shape index (κ1) is 36.3. The molecule has 0 aliphatic carbocycles. The Morgan fingerprint density at radius 1 is 0.959 bits per heavy atom. The molecule has 0 fully saturated rings.